The number of halogens is 1. The Bertz CT molecular complexity index is 683. The van der Waals surface area contributed by atoms with Crippen molar-refractivity contribution in [2.24, 2.45) is 0 Å². The monoisotopic (exact) mass is 455 g/mol. The first-order chi connectivity index (χ1) is 13.1. The lowest BCUT2D eigenvalue weighted by atomic mass is 10.0. The Balaban J connectivity index is 1.83. The summed E-state index contributed by atoms with van der Waals surface area (Å²) in [7, 11) is 2.09. The molecule has 2 amide bonds. The van der Waals surface area contributed by atoms with E-state index in [9.17, 15) is 9.59 Å². The number of carbonyl (C=O) groups is 2. The van der Waals surface area contributed by atoms with Crippen LogP contribution in [-0.4, -0.2) is 61.8 Å². The molecule has 0 radical (unpaired) electrons. The first-order valence-corrected chi connectivity index (χ1v) is 10.3. The van der Waals surface area contributed by atoms with Crippen molar-refractivity contribution < 1.29 is 19.1 Å². The molecule has 1 fully saturated rings. The average molecular weight is 456 g/mol. The molecule has 0 unspecified atom stereocenters. The van der Waals surface area contributed by atoms with E-state index in [1.165, 1.54) is 0 Å². The molecule has 8 heteroatoms. The van der Waals surface area contributed by atoms with Gasteiger partial charge in [-0.05, 0) is 71.9 Å². The van der Waals surface area contributed by atoms with Crippen LogP contribution in [-0.2, 0) is 4.74 Å². The highest BCUT2D eigenvalue weighted by Crippen LogP contribution is 2.22. The molecule has 1 aromatic carbocycles. The molecule has 0 saturated carbocycles. The molecule has 2 rings (SSSR count). The number of ether oxygens (including phenoxy) is 2. The fourth-order valence-electron chi connectivity index (χ4n) is 2.83. The van der Waals surface area contributed by atoms with E-state index < -0.39 is 11.7 Å². The molecule has 156 valence electrons. The average Bonchev–Trinajstić information content (AvgIpc) is 2.59. The van der Waals surface area contributed by atoms with Crippen LogP contribution in [0.15, 0.2) is 22.7 Å². The maximum absolute atomic E-state index is 12.6. The van der Waals surface area contributed by atoms with Gasteiger partial charge in [0.1, 0.15) is 18.0 Å². The number of piperidine rings is 1. The molecule has 2 N–H and O–H groups in total. The maximum atomic E-state index is 12.6. The van der Waals surface area contributed by atoms with Crippen molar-refractivity contribution in [1.29, 1.82) is 0 Å². The van der Waals surface area contributed by atoms with Gasteiger partial charge in [-0.15, -0.1) is 0 Å². The van der Waals surface area contributed by atoms with Crippen molar-refractivity contribution in [3.8, 4) is 5.75 Å². The Hall–Kier alpha value is -1.80. The zero-order valence-corrected chi connectivity index (χ0v) is 18.6. The summed E-state index contributed by atoms with van der Waals surface area (Å²) in [6.07, 6.45) is 1.43. The smallest absolute Gasteiger partial charge is 0.407 e. The van der Waals surface area contributed by atoms with Gasteiger partial charge in [0.25, 0.3) is 5.91 Å². The van der Waals surface area contributed by atoms with Gasteiger partial charge in [0, 0.05) is 16.1 Å². The summed E-state index contributed by atoms with van der Waals surface area (Å²) in [5, 5.41) is 5.74. The minimum atomic E-state index is -0.536. The lowest BCUT2D eigenvalue weighted by Crippen LogP contribution is -2.43. The molecule has 0 spiro atoms. The molecular formula is C20H30BrN3O4. The first kappa shape index (κ1) is 22.5. The molecule has 0 aromatic heterocycles. The number of carbonyl (C=O) groups excluding carboxylic acids is 2. The van der Waals surface area contributed by atoms with Crippen LogP contribution in [0, 0.1) is 0 Å². The van der Waals surface area contributed by atoms with E-state index in [1.807, 2.05) is 20.8 Å². The second-order valence-electron chi connectivity index (χ2n) is 8.00. The van der Waals surface area contributed by atoms with Crippen LogP contribution < -0.4 is 15.4 Å². The van der Waals surface area contributed by atoms with Crippen LogP contribution in [0.2, 0.25) is 0 Å². The second kappa shape index (κ2) is 10.1. The van der Waals surface area contributed by atoms with Crippen molar-refractivity contribution in [3.05, 3.63) is 28.2 Å². The molecule has 1 aliphatic rings. The van der Waals surface area contributed by atoms with E-state index >= 15 is 0 Å². The van der Waals surface area contributed by atoms with Crippen molar-refractivity contribution >= 4 is 27.9 Å². The first-order valence-electron chi connectivity index (χ1n) is 9.52. The normalized spacial score (nSPS) is 15.8. The molecule has 1 aromatic rings. The molecule has 7 nitrogen and oxygen atoms in total. The van der Waals surface area contributed by atoms with Crippen LogP contribution >= 0.6 is 15.9 Å². The molecule has 1 saturated heterocycles. The van der Waals surface area contributed by atoms with E-state index in [2.05, 4.69) is 38.5 Å². The van der Waals surface area contributed by atoms with Gasteiger partial charge in [0.2, 0.25) is 0 Å². The minimum absolute atomic E-state index is 0.104. The van der Waals surface area contributed by atoms with Crippen LogP contribution in [0.3, 0.4) is 0 Å². The van der Waals surface area contributed by atoms with E-state index in [4.69, 9.17) is 9.47 Å². The van der Waals surface area contributed by atoms with Gasteiger partial charge in [-0.25, -0.2) is 4.79 Å². The summed E-state index contributed by atoms with van der Waals surface area (Å²) in [4.78, 5) is 26.5. The second-order valence-corrected chi connectivity index (χ2v) is 8.92. The molecule has 1 aliphatic heterocycles. The summed E-state index contributed by atoms with van der Waals surface area (Å²) in [6, 6.07) is 5.48. The Morgan fingerprint density at radius 2 is 1.89 bits per heavy atom. The van der Waals surface area contributed by atoms with Gasteiger partial charge < -0.3 is 25.0 Å². The van der Waals surface area contributed by atoms with Gasteiger partial charge in [-0.3, -0.25) is 4.79 Å². The number of nitrogens with one attached hydrogen (secondary N) is 2. The van der Waals surface area contributed by atoms with Gasteiger partial charge in [-0.1, -0.05) is 15.9 Å². The standard InChI is InChI=1S/C20H30BrN3O4/c1-20(2,3)28-19(26)22-7-10-27-17-12-14(11-15(21)13-17)18(25)23-16-5-8-24(4)9-6-16/h11-13,16H,5-10H2,1-4H3,(H,22,26)(H,23,25). The molecule has 28 heavy (non-hydrogen) atoms. The van der Waals surface area contributed by atoms with Crippen LogP contribution in [0.5, 0.6) is 5.75 Å². The fourth-order valence-corrected chi connectivity index (χ4v) is 3.31. The molecule has 0 atom stereocenters. The molecular weight excluding hydrogens is 426 g/mol. The number of alkyl carbamates (subject to hydrolysis) is 1. The maximum Gasteiger partial charge on any atom is 0.407 e. The van der Waals surface area contributed by atoms with Gasteiger partial charge >= 0.3 is 6.09 Å². The highest BCUT2D eigenvalue weighted by atomic mass is 79.9. The quantitative estimate of drug-likeness (QED) is 0.643. The third-order valence-corrected chi connectivity index (χ3v) is 4.68. The van der Waals surface area contributed by atoms with Crippen molar-refractivity contribution in [3.63, 3.8) is 0 Å². The highest BCUT2D eigenvalue weighted by molar-refractivity contribution is 9.10. The van der Waals surface area contributed by atoms with Crippen molar-refractivity contribution in [2.75, 3.05) is 33.3 Å². The molecule has 0 bridgehead atoms. The highest BCUT2D eigenvalue weighted by Gasteiger charge is 2.20. The predicted molar refractivity (Wildman–Crippen MR) is 112 cm³/mol. The number of benzene rings is 1. The zero-order valence-electron chi connectivity index (χ0n) is 17.0. The third-order valence-electron chi connectivity index (χ3n) is 4.23. The number of likely N-dealkylation sites (tertiary alicyclic amines) is 1. The summed E-state index contributed by atoms with van der Waals surface area (Å²) in [6.45, 7) is 7.98. The van der Waals surface area contributed by atoms with Crippen LogP contribution in [0.25, 0.3) is 0 Å². The predicted octanol–water partition coefficient (Wildman–Crippen LogP) is 3.18. The van der Waals surface area contributed by atoms with Crippen molar-refractivity contribution in [2.45, 2.75) is 45.3 Å². The zero-order chi connectivity index (χ0) is 20.7. The summed E-state index contributed by atoms with van der Waals surface area (Å²) in [5.74, 6) is 0.460. The molecule has 0 aliphatic carbocycles. The van der Waals surface area contributed by atoms with Crippen LogP contribution in [0.1, 0.15) is 44.0 Å². The lowest BCUT2D eigenvalue weighted by Gasteiger charge is -2.29. The molecule has 1 heterocycles. The summed E-state index contributed by atoms with van der Waals surface area (Å²) < 4.78 is 11.6. The topological polar surface area (TPSA) is 79.9 Å². The summed E-state index contributed by atoms with van der Waals surface area (Å²) >= 11 is 3.42. The Morgan fingerprint density at radius 1 is 1.21 bits per heavy atom. The SMILES string of the molecule is CN1CCC(NC(=O)c2cc(Br)cc(OCCNC(=O)OC(C)(C)C)c2)CC1. The third kappa shape index (κ3) is 8.06. The fraction of sp³-hybridized carbons (Fsp3) is 0.600. The largest absolute Gasteiger partial charge is 0.492 e. The van der Waals surface area contributed by atoms with Crippen LogP contribution in [0.4, 0.5) is 4.79 Å². The Labute approximate surface area is 175 Å². The van der Waals surface area contributed by atoms with Crippen molar-refractivity contribution in [1.82, 2.24) is 15.5 Å². The number of nitrogens with zero attached hydrogens (tertiary/aromatic N) is 1. The van der Waals surface area contributed by atoms with E-state index in [0.29, 0.717) is 17.9 Å². The summed E-state index contributed by atoms with van der Waals surface area (Å²) in [5.41, 5.74) is 0.00836. The number of hydrogen-bond acceptors (Lipinski definition) is 5. The van der Waals surface area contributed by atoms with E-state index in [1.54, 1.807) is 18.2 Å². The Kier molecular flexibility index (Phi) is 8.12. The van der Waals surface area contributed by atoms with Gasteiger partial charge in [0.05, 0.1) is 6.54 Å². The number of amides is 2. The number of rotatable bonds is 6. The minimum Gasteiger partial charge on any atom is -0.492 e. The lowest BCUT2D eigenvalue weighted by molar-refractivity contribution is 0.0520. The van der Waals surface area contributed by atoms with E-state index in [-0.39, 0.29) is 18.6 Å². The Morgan fingerprint density at radius 3 is 2.54 bits per heavy atom. The van der Waals surface area contributed by atoms with E-state index in [0.717, 1.165) is 30.4 Å². The van der Waals surface area contributed by atoms with Gasteiger partial charge in [-0.2, -0.15) is 0 Å². The van der Waals surface area contributed by atoms with Gasteiger partial charge in [0.15, 0.2) is 0 Å². The number of hydrogen-bond donors (Lipinski definition) is 2.